The lowest BCUT2D eigenvalue weighted by Gasteiger charge is -2.20. The van der Waals surface area contributed by atoms with Gasteiger partial charge in [0.2, 0.25) is 0 Å². The van der Waals surface area contributed by atoms with Crippen molar-refractivity contribution in [1.82, 2.24) is 4.57 Å². The predicted molar refractivity (Wildman–Crippen MR) is 105 cm³/mol. The SMILES string of the molecule is CCOC(=O)c1c(-c2ccccc2)c2ccccc2n1C(=O)OC(C)(C)C. The number of rotatable bonds is 3. The molecule has 3 rings (SSSR count). The van der Waals surface area contributed by atoms with Crippen molar-refractivity contribution >= 4 is 23.0 Å². The molecule has 5 heteroatoms. The molecular formula is C22H23NO4. The molecule has 140 valence electrons. The van der Waals surface area contributed by atoms with E-state index < -0.39 is 17.7 Å². The van der Waals surface area contributed by atoms with Gasteiger partial charge in [-0.2, -0.15) is 0 Å². The third kappa shape index (κ3) is 3.72. The molecule has 0 radical (unpaired) electrons. The van der Waals surface area contributed by atoms with E-state index in [2.05, 4.69) is 0 Å². The molecule has 0 fully saturated rings. The van der Waals surface area contributed by atoms with Crippen LogP contribution in [0.3, 0.4) is 0 Å². The lowest BCUT2D eigenvalue weighted by molar-refractivity contribution is 0.0455. The van der Waals surface area contributed by atoms with Crippen LogP contribution < -0.4 is 0 Å². The summed E-state index contributed by atoms with van der Waals surface area (Å²) in [6, 6.07) is 16.9. The molecule has 0 N–H and O–H groups in total. The minimum atomic E-state index is -0.693. The summed E-state index contributed by atoms with van der Waals surface area (Å²) < 4.78 is 12.2. The van der Waals surface area contributed by atoms with Gasteiger partial charge in [0.05, 0.1) is 12.1 Å². The molecule has 2 aromatic carbocycles. The van der Waals surface area contributed by atoms with Crippen LogP contribution in [0.2, 0.25) is 0 Å². The lowest BCUT2D eigenvalue weighted by atomic mass is 10.0. The summed E-state index contributed by atoms with van der Waals surface area (Å²) in [6.07, 6.45) is -0.607. The van der Waals surface area contributed by atoms with E-state index in [4.69, 9.17) is 9.47 Å². The standard InChI is InChI=1S/C22H23NO4/c1-5-26-20(24)19-18(15-11-7-6-8-12-15)16-13-9-10-14-17(16)23(19)21(25)27-22(2,3)4/h6-14H,5H2,1-4H3. The molecule has 0 aliphatic heterocycles. The third-order valence-electron chi connectivity index (χ3n) is 3.98. The Hall–Kier alpha value is -3.08. The maximum atomic E-state index is 13.0. The summed E-state index contributed by atoms with van der Waals surface area (Å²) in [5.41, 5.74) is 1.59. The number of para-hydroxylation sites is 1. The first kappa shape index (κ1) is 18.7. The van der Waals surface area contributed by atoms with E-state index in [0.29, 0.717) is 11.1 Å². The third-order valence-corrected chi connectivity index (χ3v) is 3.98. The molecule has 5 nitrogen and oxygen atoms in total. The van der Waals surface area contributed by atoms with Crippen LogP contribution in [0.5, 0.6) is 0 Å². The Labute approximate surface area is 158 Å². The van der Waals surface area contributed by atoms with Crippen molar-refractivity contribution in [3.63, 3.8) is 0 Å². The van der Waals surface area contributed by atoms with Crippen molar-refractivity contribution in [3.8, 4) is 11.1 Å². The first-order valence-corrected chi connectivity index (χ1v) is 8.93. The highest BCUT2D eigenvalue weighted by Crippen LogP contribution is 2.36. The fraction of sp³-hybridized carbons (Fsp3) is 0.273. The van der Waals surface area contributed by atoms with Crippen molar-refractivity contribution in [1.29, 1.82) is 0 Å². The largest absolute Gasteiger partial charge is 0.461 e. The van der Waals surface area contributed by atoms with Gasteiger partial charge in [-0.05, 0) is 39.3 Å². The number of hydrogen-bond acceptors (Lipinski definition) is 4. The Kier molecular flexibility index (Phi) is 5.04. The molecule has 0 saturated heterocycles. The summed E-state index contributed by atoms with van der Waals surface area (Å²) >= 11 is 0. The Bertz CT molecular complexity index is 981. The van der Waals surface area contributed by atoms with E-state index >= 15 is 0 Å². The van der Waals surface area contributed by atoms with Gasteiger partial charge < -0.3 is 9.47 Å². The van der Waals surface area contributed by atoms with Gasteiger partial charge in [-0.3, -0.25) is 0 Å². The molecule has 1 aromatic heterocycles. The van der Waals surface area contributed by atoms with Crippen LogP contribution in [-0.4, -0.2) is 28.8 Å². The highest BCUT2D eigenvalue weighted by molar-refractivity contribution is 6.12. The van der Waals surface area contributed by atoms with Crippen LogP contribution in [0.15, 0.2) is 54.6 Å². The topological polar surface area (TPSA) is 57.5 Å². The number of hydrogen-bond donors (Lipinski definition) is 0. The van der Waals surface area contributed by atoms with E-state index in [1.54, 1.807) is 33.8 Å². The minimum Gasteiger partial charge on any atom is -0.461 e. The summed E-state index contributed by atoms with van der Waals surface area (Å²) in [6.45, 7) is 7.32. The van der Waals surface area contributed by atoms with Crippen molar-refractivity contribution < 1.29 is 19.1 Å². The highest BCUT2D eigenvalue weighted by Gasteiger charge is 2.30. The Balaban J connectivity index is 2.35. The maximum absolute atomic E-state index is 13.0. The molecule has 1 heterocycles. The highest BCUT2D eigenvalue weighted by atomic mass is 16.6. The van der Waals surface area contributed by atoms with E-state index in [0.717, 1.165) is 10.9 Å². The van der Waals surface area contributed by atoms with Gasteiger partial charge in [0.15, 0.2) is 0 Å². The molecule has 0 spiro atoms. The van der Waals surface area contributed by atoms with Crippen molar-refractivity contribution in [2.24, 2.45) is 0 Å². The number of fused-ring (bicyclic) bond motifs is 1. The second-order valence-electron chi connectivity index (χ2n) is 7.14. The Morgan fingerprint density at radius 3 is 2.22 bits per heavy atom. The number of benzene rings is 2. The maximum Gasteiger partial charge on any atom is 0.419 e. The van der Waals surface area contributed by atoms with Gasteiger partial charge in [0, 0.05) is 10.9 Å². The number of carbonyl (C=O) groups is 2. The van der Waals surface area contributed by atoms with Crippen molar-refractivity contribution in [3.05, 3.63) is 60.3 Å². The molecule has 0 aliphatic carbocycles. The lowest BCUT2D eigenvalue weighted by Crippen LogP contribution is -2.29. The van der Waals surface area contributed by atoms with Crippen LogP contribution in [0.25, 0.3) is 22.0 Å². The number of carbonyl (C=O) groups excluding carboxylic acids is 2. The molecule has 0 amide bonds. The first-order valence-electron chi connectivity index (χ1n) is 8.93. The molecule has 0 aliphatic rings. The Morgan fingerprint density at radius 1 is 0.963 bits per heavy atom. The monoisotopic (exact) mass is 365 g/mol. The zero-order valence-electron chi connectivity index (χ0n) is 16.0. The second kappa shape index (κ2) is 7.27. The zero-order valence-corrected chi connectivity index (χ0v) is 16.0. The van der Waals surface area contributed by atoms with Gasteiger partial charge in [-0.25, -0.2) is 14.2 Å². The van der Waals surface area contributed by atoms with E-state index in [9.17, 15) is 9.59 Å². The van der Waals surface area contributed by atoms with E-state index in [-0.39, 0.29) is 12.3 Å². The van der Waals surface area contributed by atoms with Crippen LogP contribution >= 0.6 is 0 Å². The van der Waals surface area contributed by atoms with Crippen LogP contribution in [0.4, 0.5) is 4.79 Å². The average molecular weight is 365 g/mol. The molecule has 0 bridgehead atoms. The van der Waals surface area contributed by atoms with Crippen molar-refractivity contribution in [2.75, 3.05) is 6.61 Å². The van der Waals surface area contributed by atoms with Gasteiger partial charge >= 0.3 is 12.1 Å². The first-order chi connectivity index (χ1) is 12.8. The average Bonchev–Trinajstić information content (AvgIpc) is 2.96. The predicted octanol–water partition coefficient (Wildman–Crippen LogP) is 5.27. The van der Waals surface area contributed by atoms with E-state index in [1.807, 2.05) is 48.5 Å². The summed E-state index contributed by atoms with van der Waals surface area (Å²) in [4.78, 5) is 25.8. The fourth-order valence-electron chi connectivity index (χ4n) is 3.03. The molecule has 3 aromatic rings. The van der Waals surface area contributed by atoms with Crippen LogP contribution in [-0.2, 0) is 9.47 Å². The number of ether oxygens (including phenoxy) is 2. The van der Waals surface area contributed by atoms with Gasteiger partial charge in [0.25, 0.3) is 0 Å². The number of esters is 1. The fourth-order valence-corrected chi connectivity index (χ4v) is 3.03. The zero-order chi connectivity index (χ0) is 19.6. The molecule has 0 unspecified atom stereocenters. The van der Waals surface area contributed by atoms with Gasteiger partial charge in [-0.1, -0.05) is 48.5 Å². The van der Waals surface area contributed by atoms with E-state index in [1.165, 1.54) is 4.57 Å². The quantitative estimate of drug-likeness (QED) is 0.594. The minimum absolute atomic E-state index is 0.179. The molecule has 27 heavy (non-hydrogen) atoms. The van der Waals surface area contributed by atoms with Crippen LogP contribution in [0.1, 0.15) is 38.2 Å². The van der Waals surface area contributed by atoms with Gasteiger partial charge in [0.1, 0.15) is 11.3 Å². The normalized spacial score (nSPS) is 11.4. The summed E-state index contributed by atoms with van der Waals surface area (Å²) in [5, 5.41) is 0.789. The smallest absolute Gasteiger partial charge is 0.419 e. The van der Waals surface area contributed by atoms with Crippen LogP contribution in [0, 0.1) is 0 Å². The second-order valence-corrected chi connectivity index (χ2v) is 7.14. The summed E-state index contributed by atoms with van der Waals surface area (Å²) in [5.74, 6) is -0.557. The number of nitrogens with zero attached hydrogens (tertiary/aromatic N) is 1. The molecular weight excluding hydrogens is 342 g/mol. The number of aromatic nitrogens is 1. The molecule has 0 atom stereocenters. The van der Waals surface area contributed by atoms with Crippen molar-refractivity contribution in [2.45, 2.75) is 33.3 Å². The molecule has 0 saturated carbocycles. The van der Waals surface area contributed by atoms with Gasteiger partial charge in [-0.15, -0.1) is 0 Å². The Morgan fingerprint density at radius 2 is 1.59 bits per heavy atom. The summed E-state index contributed by atoms with van der Waals surface area (Å²) in [7, 11) is 0.